The minimum absolute atomic E-state index is 0.232. The molecule has 170 valence electrons. The molecule has 0 aliphatic carbocycles. The molecule has 0 saturated carbocycles. The predicted molar refractivity (Wildman–Crippen MR) is 129 cm³/mol. The SMILES string of the molecule is Cc1ccc(-c2noc(CN3CCN(C(=O)CCCc4nc5ccccc5s4)CC3)n2)cc1. The maximum atomic E-state index is 12.7. The van der Waals surface area contributed by atoms with Crippen molar-refractivity contribution in [3.63, 3.8) is 0 Å². The fourth-order valence-corrected chi connectivity index (χ4v) is 5.07. The van der Waals surface area contributed by atoms with Crippen LogP contribution in [0.2, 0.25) is 0 Å². The lowest BCUT2D eigenvalue weighted by molar-refractivity contribution is -0.133. The van der Waals surface area contributed by atoms with Crippen molar-refractivity contribution in [1.82, 2.24) is 24.9 Å². The Hall–Kier alpha value is -3.10. The Kier molecular flexibility index (Phi) is 6.46. The van der Waals surface area contributed by atoms with E-state index in [2.05, 4.69) is 33.0 Å². The summed E-state index contributed by atoms with van der Waals surface area (Å²) in [4.78, 5) is 26.1. The molecule has 1 saturated heterocycles. The van der Waals surface area contributed by atoms with Crippen molar-refractivity contribution < 1.29 is 9.32 Å². The summed E-state index contributed by atoms with van der Waals surface area (Å²) < 4.78 is 6.67. The molecule has 0 radical (unpaired) electrons. The molecule has 1 amide bonds. The molecule has 1 fully saturated rings. The number of carbonyl (C=O) groups is 1. The third-order valence-electron chi connectivity index (χ3n) is 5.98. The number of thiazole rings is 1. The zero-order valence-corrected chi connectivity index (χ0v) is 19.6. The number of fused-ring (bicyclic) bond motifs is 1. The van der Waals surface area contributed by atoms with Crippen molar-refractivity contribution in [3.05, 3.63) is 65.0 Å². The van der Waals surface area contributed by atoms with Gasteiger partial charge in [-0.15, -0.1) is 11.3 Å². The second-order valence-corrected chi connectivity index (χ2v) is 9.58. The van der Waals surface area contributed by atoms with E-state index in [4.69, 9.17) is 4.52 Å². The molecular formula is C25H27N5O2S. The maximum Gasteiger partial charge on any atom is 0.241 e. The molecule has 8 heteroatoms. The first-order valence-corrected chi connectivity index (χ1v) is 12.2. The maximum absolute atomic E-state index is 12.7. The van der Waals surface area contributed by atoms with E-state index in [1.54, 1.807) is 11.3 Å². The van der Waals surface area contributed by atoms with Crippen molar-refractivity contribution in [1.29, 1.82) is 0 Å². The number of hydrogen-bond donors (Lipinski definition) is 0. The van der Waals surface area contributed by atoms with Gasteiger partial charge < -0.3 is 9.42 Å². The highest BCUT2D eigenvalue weighted by Crippen LogP contribution is 2.23. The van der Waals surface area contributed by atoms with E-state index < -0.39 is 0 Å². The summed E-state index contributed by atoms with van der Waals surface area (Å²) in [5.74, 6) is 1.46. The van der Waals surface area contributed by atoms with Gasteiger partial charge in [0.15, 0.2) is 0 Å². The van der Waals surface area contributed by atoms with Gasteiger partial charge in [-0.1, -0.05) is 47.1 Å². The lowest BCUT2D eigenvalue weighted by Gasteiger charge is -2.34. The summed E-state index contributed by atoms with van der Waals surface area (Å²) in [6.07, 6.45) is 2.26. The summed E-state index contributed by atoms with van der Waals surface area (Å²) >= 11 is 1.72. The van der Waals surface area contributed by atoms with Gasteiger partial charge in [0.2, 0.25) is 17.6 Å². The Bertz CT molecular complexity index is 1190. The van der Waals surface area contributed by atoms with Gasteiger partial charge in [0.1, 0.15) is 0 Å². The number of aryl methyl sites for hydroxylation is 2. The lowest BCUT2D eigenvalue weighted by Crippen LogP contribution is -2.48. The summed E-state index contributed by atoms with van der Waals surface area (Å²) in [6.45, 7) is 5.76. The average Bonchev–Trinajstić information content (AvgIpc) is 3.46. The highest BCUT2D eigenvalue weighted by molar-refractivity contribution is 7.18. The van der Waals surface area contributed by atoms with Crippen molar-refractivity contribution in [2.75, 3.05) is 26.2 Å². The van der Waals surface area contributed by atoms with Gasteiger partial charge in [0, 0.05) is 38.2 Å². The predicted octanol–water partition coefficient (Wildman–Crippen LogP) is 4.32. The zero-order valence-electron chi connectivity index (χ0n) is 18.7. The number of nitrogens with zero attached hydrogens (tertiary/aromatic N) is 5. The van der Waals surface area contributed by atoms with Gasteiger partial charge >= 0.3 is 0 Å². The molecule has 1 aliphatic rings. The first-order valence-electron chi connectivity index (χ1n) is 11.4. The van der Waals surface area contributed by atoms with Gasteiger partial charge in [-0.3, -0.25) is 9.69 Å². The van der Waals surface area contributed by atoms with Crippen LogP contribution in [0.15, 0.2) is 53.1 Å². The summed E-state index contributed by atoms with van der Waals surface area (Å²) in [6, 6.07) is 16.3. The molecule has 4 aromatic rings. The van der Waals surface area contributed by atoms with Crippen molar-refractivity contribution in [3.8, 4) is 11.4 Å². The van der Waals surface area contributed by atoms with Crippen LogP contribution >= 0.6 is 11.3 Å². The van der Waals surface area contributed by atoms with Crippen LogP contribution in [-0.4, -0.2) is 57.0 Å². The number of amides is 1. The molecule has 5 rings (SSSR count). The van der Waals surface area contributed by atoms with Crippen molar-refractivity contribution in [2.45, 2.75) is 32.7 Å². The third-order valence-corrected chi connectivity index (χ3v) is 7.08. The van der Waals surface area contributed by atoms with Gasteiger partial charge in [-0.05, 0) is 31.9 Å². The topological polar surface area (TPSA) is 75.4 Å². The van der Waals surface area contributed by atoms with Crippen molar-refractivity contribution in [2.24, 2.45) is 0 Å². The number of benzene rings is 2. The van der Waals surface area contributed by atoms with Crippen molar-refractivity contribution >= 4 is 27.5 Å². The molecule has 2 aromatic carbocycles. The van der Waals surface area contributed by atoms with Crippen LogP contribution in [0.1, 0.15) is 29.3 Å². The van der Waals surface area contributed by atoms with E-state index in [-0.39, 0.29) is 5.91 Å². The molecule has 0 atom stereocenters. The van der Waals surface area contributed by atoms with Gasteiger partial charge in [-0.2, -0.15) is 4.98 Å². The lowest BCUT2D eigenvalue weighted by atomic mass is 10.1. The van der Waals surface area contributed by atoms with Crippen LogP contribution in [0, 0.1) is 6.92 Å². The normalized spacial score (nSPS) is 14.8. The fourth-order valence-electron chi connectivity index (χ4n) is 4.06. The number of carbonyl (C=O) groups excluding carboxylic acids is 1. The Morgan fingerprint density at radius 1 is 1.03 bits per heavy atom. The number of rotatable bonds is 7. The second-order valence-electron chi connectivity index (χ2n) is 8.46. The molecule has 1 aliphatic heterocycles. The van der Waals surface area contributed by atoms with Crippen LogP contribution in [0.5, 0.6) is 0 Å². The number of piperazine rings is 1. The first kappa shape index (κ1) is 21.7. The zero-order chi connectivity index (χ0) is 22.6. The molecule has 2 aromatic heterocycles. The highest BCUT2D eigenvalue weighted by Gasteiger charge is 2.22. The summed E-state index contributed by atoms with van der Waals surface area (Å²) in [7, 11) is 0. The molecule has 7 nitrogen and oxygen atoms in total. The van der Waals surface area contributed by atoms with E-state index in [1.807, 2.05) is 47.4 Å². The Balaban J connectivity index is 1.06. The Labute approximate surface area is 197 Å². The van der Waals surface area contributed by atoms with Crippen LogP contribution < -0.4 is 0 Å². The van der Waals surface area contributed by atoms with E-state index in [1.165, 1.54) is 10.3 Å². The first-order chi connectivity index (χ1) is 16.1. The minimum Gasteiger partial charge on any atom is -0.340 e. The number of hydrogen-bond acceptors (Lipinski definition) is 7. The number of aromatic nitrogens is 3. The van der Waals surface area contributed by atoms with Crippen LogP contribution in [0.3, 0.4) is 0 Å². The van der Waals surface area contributed by atoms with Gasteiger partial charge in [0.25, 0.3) is 0 Å². The molecule has 0 bridgehead atoms. The van der Waals surface area contributed by atoms with Gasteiger partial charge in [-0.25, -0.2) is 4.98 Å². The Morgan fingerprint density at radius 3 is 2.61 bits per heavy atom. The molecule has 33 heavy (non-hydrogen) atoms. The standard InChI is InChI=1S/C25H27N5O2S/c1-18-9-11-19(12-10-18)25-27-22(32-28-25)17-29-13-15-30(16-14-29)24(31)8-4-7-23-26-20-5-2-3-6-21(20)33-23/h2-3,5-6,9-12H,4,7-8,13-17H2,1H3. The molecule has 0 unspecified atom stereocenters. The molecule has 0 N–H and O–H groups in total. The quantitative estimate of drug-likeness (QED) is 0.408. The van der Waals surface area contributed by atoms with Crippen LogP contribution in [0.4, 0.5) is 0 Å². The highest BCUT2D eigenvalue weighted by atomic mass is 32.1. The molecule has 3 heterocycles. The summed E-state index contributed by atoms with van der Waals surface area (Å²) in [5, 5.41) is 5.23. The third kappa shape index (κ3) is 5.29. The van der Waals surface area contributed by atoms with Crippen LogP contribution in [0.25, 0.3) is 21.6 Å². The van der Waals surface area contributed by atoms with E-state index in [0.29, 0.717) is 24.7 Å². The van der Waals surface area contributed by atoms with E-state index in [9.17, 15) is 4.79 Å². The molecular weight excluding hydrogens is 434 g/mol. The molecule has 0 spiro atoms. The minimum atomic E-state index is 0.232. The average molecular weight is 462 g/mol. The van der Waals surface area contributed by atoms with E-state index in [0.717, 1.165) is 55.1 Å². The van der Waals surface area contributed by atoms with E-state index >= 15 is 0 Å². The monoisotopic (exact) mass is 461 g/mol. The fraction of sp³-hybridized carbons (Fsp3) is 0.360. The number of para-hydroxylation sites is 1. The van der Waals surface area contributed by atoms with Gasteiger partial charge in [0.05, 0.1) is 21.8 Å². The second kappa shape index (κ2) is 9.80. The smallest absolute Gasteiger partial charge is 0.241 e. The van der Waals surface area contributed by atoms with Crippen LogP contribution in [-0.2, 0) is 17.8 Å². The Morgan fingerprint density at radius 2 is 1.82 bits per heavy atom. The summed E-state index contributed by atoms with van der Waals surface area (Å²) in [5.41, 5.74) is 3.20. The largest absolute Gasteiger partial charge is 0.340 e.